The fraction of sp³-hybridized carbons (Fsp3) is 0.308. The topological polar surface area (TPSA) is 41.6 Å². The van der Waals surface area contributed by atoms with E-state index in [0.717, 1.165) is 11.4 Å². The normalized spacial score (nSPS) is 9.53. The van der Waals surface area contributed by atoms with Crippen molar-refractivity contribution in [2.75, 3.05) is 32.6 Å². The molecule has 0 fully saturated rings. The van der Waals surface area contributed by atoms with Crippen LogP contribution < -0.4 is 10.1 Å². The van der Waals surface area contributed by atoms with E-state index in [1.54, 1.807) is 25.1 Å². The highest BCUT2D eigenvalue weighted by molar-refractivity contribution is 5.80. The van der Waals surface area contributed by atoms with Crippen molar-refractivity contribution in [2.45, 2.75) is 0 Å². The van der Waals surface area contributed by atoms with Gasteiger partial charge in [-0.25, -0.2) is 0 Å². The standard InChI is InChI=1S/C13H18N2O2/c1-4-9-17-12-7-5-11(6-8-12)14-10-13(16)15(2)3/h4-8,14H,1,9-10H2,2-3H3. The maximum Gasteiger partial charge on any atom is 0.241 e. The average Bonchev–Trinajstić information content (AvgIpc) is 2.34. The van der Waals surface area contributed by atoms with Gasteiger partial charge in [0.1, 0.15) is 12.4 Å². The van der Waals surface area contributed by atoms with Crippen LogP contribution in [0.3, 0.4) is 0 Å². The first-order valence-electron chi connectivity index (χ1n) is 5.41. The molecule has 0 spiro atoms. The molecule has 0 aromatic heterocycles. The molecule has 0 heterocycles. The minimum atomic E-state index is 0.0389. The number of carbonyl (C=O) groups excluding carboxylic acids is 1. The zero-order chi connectivity index (χ0) is 12.7. The Hall–Kier alpha value is -1.97. The van der Waals surface area contributed by atoms with Crippen molar-refractivity contribution in [2.24, 2.45) is 0 Å². The van der Waals surface area contributed by atoms with Gasteiger partial charge in [-0.3, -0.25) is 4.79 Å². The molecule has 0 saturated heterocycles. The third-order valence-electron chi connectivity index (χ3n) is 2.16. The highest BCUT2D eigenvalue weighted by atomic mass is 16.5. The highest BCUT2D eigenvalue weighted by Gasteiger charge is 2.02. The SMILES string of the molecule is C=CCOc1ccc(NCC(=O)N(C)C)cc1. The first-order chi connectivity index (χ1) is 8.13. The first-order valence-corrected chi connectivity index (χ1v) is 5.41. The Bertz CT molecular complexity index is 372. The Kier molecular flexibility index (Phi) is 5.07. The molecule has 0 unspecified atom stereocenters. The Morgan fingerprint density at radius 2 is 2.06 bits per heavy atom. The van der Waals surface area contributed by atoms with Crippen LogP contribution in [-0.4, -0.2) is 38.1 Å². The van der Waals surface area contributed by atoms with Crippen LogP contribution in [0.15, 0.2) is 36.9 Å². The molecule has 0 radical (unpaired) electrons. The molecule has 0 aliphatic rings. The summed E-state index contributed by atoms with van der Waals surface area (Å²) in [5, 5.41) is 3.04. The molecule has 0 saturated carbocycles. The second-order valence-corrected chi connectivity index (χ2v) is 3.77. The van der Waals surface area contributed by atoms with E-state index in [-0.39, 0.29) is 5.91 Å². The van der Waals surface area contributed by atoms with Gasteiger partial charge in [0.25, 0.3) is 0 Å². The van der Waals surface area contributed by atoms with E-state index >= 15 is 0 Å². The average molecular weight is 234 g/mol. The summed E-state index contributed by atoms with van der Waals surface area (Å²) in [6, 6.07) is 7.46. The number of likely N-dealkylation sites (N-methyl/N-ethyl adjacent to an activating group) is 1. The molecule has 0 aliphatic heterocycles. The van der Waals surface area contributed by atoms with E-state index < -0.39 is 0 Å². The van der Waals surface area contributed by atoms with Crippen molar-refractivity contribution < 1.29 is 9.53 Å². The lowest BCUT2D eigenvalue weighted by Crippen LogP contribution is -2.28. The van der Waals surface area contributed by atoms with E-state index in [0.29, 0.717) is 13.2 Å². The molecule has 1 N–H and O–H groups in total. The van der Waals surface area contributed by atoms with E-state index in [1.165, 1.54) is 0 Å². The molecule has 4 heteroatoms. The molecular formula is C13H18N2O2. The minimum Gasteiger partial charge on any atom is -0.490 e. The van der Waals surface area contributed by atoms with E-state index in [9.17, 15) is 4.79 Å². The second-order valence-electron chi connectivity index (χ2n) is 3.77. The molecule has 1 aromatic carbocycles. The third kappa shape index (κ3) is 4.59. The van der Waals surface area contributed by atoms with Crippen molar-refractivity contribution >= 4 is 11.6 Å². The van der Waals surface area contributed by atoms with Gasteiger partial charge in [0.15, 0.2) is 0 Å². The number of hydrogen-bond donors (Lipinski definition) is 1. The Morgan fingerprint density at radius 3 is 2.59 bits per heavy atom. The number of benzene rings is 1. The van der Waals surface area contributed by atoms with Crippen LogP contribution in [0.5, 0.6) is 5.75 Å². The number of nitrogens with one attached hydrogen (secondary N) is 1. The van der Waals surface area contributed by atoms with Gasteiger partial charge in [0.2, 0.25) is 5.91 Å². The lowest BCUT2D eigenvalue weighted by atomic mass is 10.3. The predicted octanol–water partition coefficient (Wildman–Crippen LogP) is 1.75. The summed E-state index contributed by atoms with van der Waals surface area (Å²) < 4.78 is 5.35. The summed E-state index contributed by atoms with van der Waals surface area (Å²) in [6.45, 7) is 4.36. The van der Waals surface area contributed by atoms with Crippen LogP contribution in [0.2, 0.25) is 0 Å². The van der Waals surface area contributed by atoms with Gasteiger partial charge in [-0.05, 0) is 24.3 Å². The molecule has 1 amide bonds. The van der Waals surface area contributed by atoms with Gasteiger partial charge < -0.3 is 15.0 Å². The van der Waals surface area contributed by atoms with Gasteiger partial charge in [0.05, 0.1) is 6.54 Å². The van der Waals surface area contributed by atoms with Crippen molar-refractivity contribution in [3.63, 3.8) is 0 Å². The summed E-state index contributed by atoms with van der Waals surface area (Å²) >= 11 is 0. The fourth-order valence-corrected chi connectivity index (χ4v) is 1.16. The van der Waals surface area contributed by atoms with Gasteiger partial charge in [-0.1, -0.05) is 12.7 Å². The Labute approximate surface area is 102 Å². The lowest BCUT2D eigenvalue weighted by Gasteiger charge is -2.12. The van der Waals surface area contributed by atoms with Crippen LogP contribution in [0.25, 0.3) is 0 Å². The minimum absolute atomic E-state index is 0.0389. The number of hydrogen-bond acceptors (Lipinski definition) is 3. The van der Waals surface area contributed by atoms with Crippen LogP contribution in [0.4, 0.5) is 5.69 Å². The molecule has 4 nitrogen and oxygen atoms in total. The Balaban J connectivity index is 2.45. The molecule has 0 aliphatic carbocycles. The van der Waals surface area contributed by atoms with Crippen molar-refractivity contribution in [1.82, 2.24) is 4.90 Å². The summed E-state index contributed by atoms with van der Waals surface area (Å²) in [7, 11) is 3.46. The molecular weight excluding hydrogens is 216 g/mol. The number of carbonyl (C=O) groups is 1. The number of ether oxygens (including phenoxy) is 1. The van der Waals surface area contributed by atoms with E-state index in [1.807, 2.05) is 24.3 Å². The van der Waals surface area contributed by atoms with Gasteiger partial charge >= 0.3 is 0 Å². The highest BCUT2D eigenvalue weighted by Crippen LogP contribution is 2.15. The van der Waals surface area contributed by atoms with Crippen LogP contribution in [-0.2, 0) is 4.79 Å². The van der Waals surface area contributed by atoms with Crippen LogP contribution in [0, 0.1) is 0 Å². The summed E-state index contributed by atoms with van der Waals surface area (Å²) in [6.07, 6.45) is 1.70. The summed E-state index contributed by atoms with van der Waals surface area (Å²) in [5.41, 5.74) is 0.895. The maximum atomic E-state index is 11.4. The van der Waals surface area contributed by atoms with Crippen molar-refractivity contribution in [3.05, 3.63) is 36.9 Å². The largest absolute Gasteiger partial charge is 0.490 e. The van der Waals surface area contributed by atoms with Gasteiger partial charge in [-0.15, -0.1) is 0 Å². The summed E-state index contributed by atoms with van der Waals surface area (Å²) in [4.78, 5) is 12.9. The molecule has 17 heavy (non-hydrogen) atoms. The Morgan fingerprint density at radius 1 is 1.41 bits per heavy atom. The maximum absolute atomic E-state index is 11.4. The number of nitrogens with zero attached hydrogens (tertiary/aromatic N) is 1. The fourth-order valence-electron chi connectivity index (χ4n) is 1.16. The molecule has 1 aromatic rings. The zero-order valence-electron chi connectivity index (χ0n) is 10.3. The number of rotatable bonds is 6. The van der Waals surface area contributed by atoms with Crippen molar-refractivity contribution in [3.8, 4) is 5.75 Å². The molecule has 92 valence electrons. The number of anilines is 1. The van der Waals surface area contributed by atoms with Crippen molar-refractivity contribution in [1.29, 1.82) is 0 Å². The summed E-state index contributed by atoms with van der Waals surface area (Å²) in [5.74, 6) is 0.825. The first kappa shape index (κ1) is 13.1. The predicted molar refractivity (Wildman–Crippen MR) is 69.3 cm³/mol. The van der Waals surface area contributed by atoms with Crippen LogP contribution >= 0.6 is 0 Å². The quantitative estimate of drug-likeness (QED) is 0.762. The van der Waals surface area contributed by atoms with Gasteiger partial charge in [-0.2, -0.15) is 0 Å². The molecule has 0 atom stereocenters. The van der Waals surface area contributed by atoms with E-state index in [2.05, 4.69) is 11.9 Å². The lowest BCUT2D eigenvalue weighted by molar-refractivity contribution is -0.126. The number of amides is 1. The second kappa shape index (κ2) is 6.58. The molecule has 0 bridgehead atoms. The van der Waals surface area contributed by atoms with Gasteiger partial charge in [0, 0.05) is 19.8 Å². The third-order valence-corrected chi connectivity index (χ3v) is 2.16. The van der Waals surface area contributed by atoms with Crippen LogP contribution in [0.1, 0.15) is 0 Å². The molecule has 1 rings (SSSR count). The zero-order valence-corrected chi connectivity index (χ0v) is 10.3. The smallest absolute Gasteiger partial charge is 0.241 e. The monoisotopic (exact) mass is 234 g/mol. The van der Waals surface area contributed by atoms with E-state index in [4.69, 9.17) is 4.74 Å².